The molecule has 0 amide bonds. The predicted molar refractivity (Wildman–Crippen MR) is 46.4 cm³/mol. The number of hydrogen-bond donors (Lipinski definition) is 1. The summed E-state index contributed by atoms with van der Waals surface area (Å²) in [6.45, 7) is 1.39. The van der Waals surface area contributed by atoms with Gasteiger partial charge in [-0.05, 0) is 13.0 Å². The molecular weight excluding hydrogens is 170 g/mol. The van der Waals surface area contributed by atoms with Gasteiger partial charge in [0.25, 0.3) is 0 Å². The summed E-state index contributed by atoms with van der Waals surface area (Å²) in [6.07, 6.45) is 3.39. The lowest BCUT2D eigenvalue weighted by molar-refractivity contribution is -0.123. The van der Waals surface area contributed by atoms with Crippen LogP contribution in [0.3, 0.4) is 0 Å². The molecule has 1 aromatic heterocycles. The molecule has 13 heavy (non-hydrogen) atoms. The first-order chi connectivity index (χ1) is 6.11. The molecular formula is C9H11NO3. The summed E-state index contributed by atoms with van der Waals surface area (Å²) < 4.78 is 4.97. The number of hydrogen-bond acceptors (Lipinski definition) is 4. The third-order valence-corrected chi connectivity index (χ3v) is 1.78. The number of aliphatic hydroxyl groups is 1. The van der Waals surface area contributed by atoms with Crippen molar-refractivity contribution in [2.75, 3.05) is 7.11 Å². The third kappa shape index (κ3) is 1.84. The van der Waals surface area contributed by atoms with Crippen LogP contribution in [-0.4, -0.2) is 23.5 Å². The minimum Gasteiger partial charge on any atom is -0.496 e. The van der Waals surface area contributed by atoms with Crippen LogP contribution in [0.15, 0.2) is 18.5 Å². The minimum absolute atomic E-state index is 0.368. The molecule has 1 rings (SSSR count). The maximum Gasteiger partial charge on any atom is 0.156 e. The molecule has 1 heterocycles. The first kappa shape index (κ1) is 9.67. The van der Waals surface area contributed by atoms with E-state index in [0.717, 1.165) is 0 Å². The number of aldehydes is 1. The fourth-order valence-corrected chi connectivity index (χ4v) is 1.00. The van der Waals surface area contributed by atoms with E-state index < -0.39 is 5.60 Å². The zero-order valence-electron chi connectivity index (χ0n) is 7.52. The van der Waals surface area contributed by atoms with Gasteiger partial charge >= 0.3 is 0 Å². The van der Waals surface area contributed by atoms with E-state index in [1.807, 2.05) is 0 Å². The topological polar surface area (TPSA) is 59.4 Å². The first-order valence-corrected chi connectivity index (χ1v) is 3.79. The van der Waals surface area contributed by atoms with Gasteiger partial charge in [0.05, 0.1) is 12.7 Å². The Balaban J connectivity index is 3.20. The fraction of sp³-hybridized carbons (Fsp3) is 0.333. The highest BCUT2D eigenvalue weighted by Crippen LogP contribution is 2.26. The number of carbonyl (C=O) groups is 1. The molecule has 70 valence electrons. The van der Waals surface area contributed by atoms with Crippen molar-refractivity contribution in [3.63, 3.8) is 0 Å². The number of rotatable bonds is 3. The van der Waals surface area contributed by atoms with Gasteiger partial charge in [-0.2, -0.15) is 0 Å². The smallest absolute Gasteiger partial charge is 0.156 e. The van der Waals surface area contributed by atoms with Gasteiger partial charge in [-0.15, -0.1) is 0 Å². The van der Waals surface area contributed by atoms with Crippen LogP contribution < -0.4 is 4.74 Å². The predicted octanol–water partition coefficient (Wildman–Crippen LogP) is 0.497. The van der Waals surface area contributed by atoms with Crippen LogP contribution in [-0.2, 0) is 10.4 Å². The lowest BCUT2D eigenvalue weighted by atomic mass is 9.99. The molecule has 0 bridgehead atoms. The van der Waals surface area contributed by atoms with Gasteiger partial charge in [-0.1, -0.05) is 0 Å². The Labute approximate surface area is 76.2 Å². The molecule has 0 radical (unpaired) electrons. The maximum absolute atomic E-state index is 10.6. The zero-order valence-corrected chi connectivity index (χ0v) is 7.52. The molecule has 0 spiro atoms. The minimum atomic E-state index is -1.54. The van der Waals surface area contributed by atoms with Crippen molar-refractivity contribution in [3.8, 4) is 5.75 Å². The van der Waals surface area contributed by atoms with Crippen LogP contribution in [0.4, 0.5) is 0 Å². The number of aromatic nitrogens is 1. The first-order valence-electron chi connectivity index (χ1n) is 3.79. The zero-order chi connectivity index (χ0) is 9.90. The summed E-state index contributed by atoms with van der Waals surface area (Å²) in [6, 6.07) is 1.59. The van der Waals surface area contributed by atoms with Crippen LogP contribution in [0.25, 0.3) is 0 Å². The van der Waals surface area contributed by atoms with Gasteiger partial charge in [0.1, 0.15) is 11.4 Å². The Hall–Kier alpha value is -1.42. The van der Waals surface area contributed by atoms with Crippen LogP contribution in [0.2, 0.25) is 0 Å². The molecule has 0 aliphatic heterocycles. The quantitative estimate of drug-likeness (QED) is 0.690. The number of nitrogens with zero attached hydrogens (tertiary/aromatic N) is 1. The second-order valence-corrected chi connectivity index (χ2v) is 2.84. The van der Waals surface area contributed by atoms with Gasteiger partial charge in [0, 0.05) is 12.4 Å². The Morgan fingerprint density at radius 1 is 1.69 bits per heavy atom. The van der Waals surface area contributed by atoms with Gasteiger partial charge in [0.15, 0.2) is 6.29 Å². The number of ether oxygens (including phenoxy) is 1. The van der Waals surface area contributed by atoms with E-state index in [1.165, 1.54) is 26.4 Å². The molecule has 0 aromatic carbocycles. The molecule has 0 saturated heterocycles. The summed E-state index contributed by atoms with van der Waals surface area (Å²) in [4.78, 5) is 14.4. The van der Waals surface area contributed by atoms with E-state index in [9.17, 15) is 9.90 Å². The number of carbonyl (C=O) groups excluding carboxylic acids is 1. The van der Waals surface area contributed by atoms with Crippen molar-refractivity contribution in [1.82, 2.24) is 4.98 Å². The van der Waals surface area contributed by atoms with Gasteiger partial charge < -0.3 is 9.84 Å². The van der Waals surface area contributed by atoms with Gasteiger partial charge in [-0.25, -0.2) is 0 Å². The van der Waals surface area contributed by atoms with Crippen molar-refractivity contribution in [2.24, 2.45) is 0 Å². The van der Waals surface area contributed by atoms with Crippen molar-refractivity contribution >= 4 is 6.29 Å². The Morgan fingerprint density at radius 2 is 2.38 bits per heavy atom. The summed E-state index contributed by atoms with van der Waals surface area (Å²) >= 11 is 0. The summed E-state index contributed by atoms with van der Waals surface area (Å²) in [5.74, 6) is 0.451. The average molecular weight is 181 g/mol. The lowest BCUT2D eigenvalue weighted by Gasteiger charge is -2.18. The second-order valence-electron chi connectivity index (χ2n) is 2.84. The maximum atomic E-state index is 10.6. The fourth-order valence-electron chi connectivity index (χ4n) is 1.00. The molecule has 1 unspecified atom stereocenters. The highest BCUT2D eigenvalue weighted by molar-refractivity contribution is 5.66. The van der Waals surface area contributed by atoms with Gasteiger partial charge in [-0.3, -0.25) is 9.78 Å². The normalized spacial score (nSPS) is 14.7. The number of pyridine rings is 1. The molecule has 0 fully saturated rings. The molecule has 4 nitrogen and oxygen atoms in total. The third-order valence-electron chi connectivity index (χ3n) is 1.78. The van der Waals surface area contributed by atoms with Crippen LogP contribution in [0, 0.1) is 0 Å². The monoisotopic (exact) mass is 181 g/mol. The standard InChI is InChI=1S/C9H11NO3/c1-9(12,6-11)7-5-10-4-3-8(7)13-2/h3-6,12H,1-2H3. The molecule has 0 aliphatic carbocycles. The van der Waals surface area contributed by atoms with Crippen LogP contribution in [0.1, 0.15) is 12.5 Å². The largest absolute Gasteiger partial charge is 0.496 e. The van der Waals surface area contributed by atoms with Crippen molar-refractivity contribution < 1.29 is 14.6 Å². The van der Waals surface area contributed by atoms with E-state index in [1.54, 1.807) is 6.07 Å². The lowest BCUT2D eigenvalue weighted by Crippen LogP contribution is -2.23. The van der Waals surface area contributed by atoms with E-state index in [0.29, 0.717) is 17.6 Å². The molecule has 1 atom stereocenters. The molecule has 4 heteroatoms. The van der Waals surface area contributed by atoms with Crippen molar-refractivity contribution in [2.45, 2.75) is 12.5 Å². The van der Waals surface area contributed by atoms with Crippen LogP contribution >= 0.6 is 0 Å². The summed E-state index contributed by atoms with van der Waals surface area (Å²) in [7, 11) is 1.47. The molecule has 1 N–H and O–H groups in total. The molecule has 0 aliphatic rings. The van der Waals surface area contributed by atoms with Crippen LogP contribution in [0.5, 0.6) is 5.75 Å². The Morgan fingerprint density at radius 3 is 2.92 bits per heavy atom. The molecule has 0 saturated carbocycles. The molecule has 1 aromatic rings. The SMILES string of the molecule is COc1ccncc1C(C)(O)C=O. The number of methoxy groups -OCH3 is 1. The summed E-state index contributed by atoms with van der Waals surface area (Å²) in [5.41, 5.74) is -1.17. The van der Waals surface area contributed by atoms with Crippen molar-refractivity contribution in [3.05, 3.63) is 24.0 Å². The van der Waals surface area contributed by atoms with E-state index in [4.69, 9.17) is 4.74 Å². The Kier molecular flexibility index (Phi) is 2.63. The van der Waals surface area contributed by atoms with Crippen molar-refractivity contribution in [1.29, 1.82) is 0 Å². The highest BCUT2D eigenvalue weighted by Gasteiger charge is 2.26. The Bertz CT molecular complexity index is 309. The van der Waals surface area contributed by atoms with E-state index in [2.05, 4.69) is 4.98 Å². The van der Waals surface area contributed by atoms with E-state index >= 15 is 0 Å². The summed E-state index contributed by atoms with van der Waals surface area (Å²) in [5, 5.41) is 9.62. The highest BCUT2D eigenvalue weighted by atomic mass is 16.5. The van der Waals surface area contributed by atoms with E-state index in [-0.39, 0.29) is 0 Å². The van der Waals surface area contributed by atoms with Gasteiger partial charge in [0.2, 0.25) is 0 Å². The second kappa shape index (κ2) is 3.53. The average Bonchev–Trinajstić information content (AvgIpc) is 2.18.